The summed E-state index contributed by atoms with van der Waals surface area (Å²) in [6, 6.07) is 9.67. The van der Waals surface area contributed by atoms with Gasteiger partial charge in [-0.25, -0.2) is 4.39 Å². The molecular formula is C22H20FN3O5. The van der Waals surface area contributed by atoms with Crippen LogP contribution in [-0.4, -0.2) is 59.6 Å². The zero-order valence-corrected chi connectivity index (χ0v) is 16.8. The van der Waals surface area contributed by atoms with Crippen LogP contribution in [0.5, 0.6) is 5.75 Å². The van der Waals surface area contributed by atoms with E-state index in [0.717, 1.165) is 10.5 Å². The molecule has 4 amide bonds. The maximum absolute atomic E-state index is 13.0. The molecular weight excluding hydrogens is 405 g/mol. The van der Waals surface area contributed by atoms with Crippen molar-refractivity contribution in [2.24, 2.45) is 0 Å². The molecule has 160 valence electrons. The Morgan fingerprint density at radius 3 is 2.48 bits per heavy atom. The van der Waals surface area contributed by atoms with E-state index in [2.05, 4.69) is 5.32 Å². The number of nitrogens with one attached hydrogen (secondary N) is 1. The van der Waals surface area contributed by atoms with E-state index < -0.39 is 30.3 Å². The topological polar surface area (TPSA) is 96.0 Å². The van der Waals surface area contributed by atoms with Gasteiger partial charge in [-0.3, -0.25) is 24.1 Å². The van der Waals surface area contributed by atoms with Crippen molar-refractivity contribution in [2.75, 3.05) is 20.1 Å². The maximum atomic E-state index is 13.0. The number of rotatable bonds is 6. The summed E-state index contributed by atoms with van der Waals surface area (Å²) in [5, 5.41) is 2.58. The number of imide groups is 1. The molecule has 0 bridgehead atoms. The Hall–Kier alpha value is -3.75. The minimum atomic E-state index is -0.640. The van der Waals surface area contributed by atoms with Crippen LogP contribution in [-0.2, 0) is 16.2 Å². The number of nitrogens with zero attached hydrogens (tertiary/aromatic N) is 2. The number of ether oxygens (including phenoxy) is 1. The van der Waals surface area contributed by atoms with E-state index in [4.69, 9.17) is 4.74 Å². The number of halogens is 1. The predicted molar refractivity (Wildman–Crippen MR) is 107 cm³/mol. The largest absolute Gasteiger partial charge is 0.489 e. The minimum absolute atomic E-state index is 0.145. The SMILES string of the molecule is CN1CCC(NC(=O)CN2C(=O)c3ccc(OCc4ccc(F)cc4)cc3C2=O)C1=O. The monoisotopic (exact) mass is 425 g/mol. The predicted octanol–water partition coefficient (Wildman–Crippen LogP) is 1.35. The van der Waals surface area contributed by atoms with Gasteiger partial charge in [0, 0.05) is 13.6 Å². The third-order valence-electron chi connectivity index (χ3n) is 5.33. The number of likely N-dealkylation sites (N-methyl/N-ethyl adjacent to an activating group) is 1. The van der Waals surface area contributed by atoms with Crippen LogP contribution >= 0.6 is 0 Å². The van der Waals surface area contributed by atoms with Gasteiger partial charge in [-0.2, -0.15) is 0 Å². The van der Waals surface area contributed by atoms with Crippen LogP contribution in [0, 0.1) is 5.82 Å². The van der Waals surface area contributed by atoms with Crippen LogP contribution in [0.4, 0.5) is 4.39 Å². The summed E-state index contributed by atoms with van der Waals surface area (Å²) >= 11 is 0. The molecule has 1 saturated heterocycles. The zero-order chi connectivity index (χ0) is 22.1. The highest BCUT2D eigenvalue weighted by atomic mass is 19.1. The van der Waals surface area contributed by atoms with Gasteiger partial charge in [0.15, 0.2) is 0 Å². The van der Waals surface area contributed by atoms with Gasteiger partial charge in [0.05, 0.1) is 11.1 Å². The Morgan fingerprint density at radius 2 is 1.81 bits per heavy atom. The summed E-state index contributed by atoms with van der Waals surface area (Å²) < 4.78 is 18.6. The van der Waals surface area contributed by atoms with E-state index in [1.807, 2.05) is 0 Å². The van der Waals surface area contributed by atoms with Crippen LogP contribution in [0.1, 0.15) is 32.7 Å². The lowest BCUT2D eigenvalue weighted by Gasteiger charge is -2.16. The average molecular weight is 425 g/mol. The summed E-state index contributed by atoms with van der Waals surface area (Å²) in [5.74, 6) is -1.92. The summed E-state index contributed by atoms with van der Waals surface area (Å²) in [4.78, 5) is 51.9. The van der Waals surface area contributed by atoms with Crippen molar-refractivity contribution in [2.45, 2.75) is 19.1 Å². The van der Waals surface area contributed by atoms with Crippen LogP contribution in [0.2, 0.25) is 0 Å². The molecule has 2 aromatic rings. The Kier molecular flexibility index (Phi) is 5.41. The van der Waals surface area contributed by atoms with Crippen LogP contribution in [0.25, 0.3) is 0 Å². The second-order valence-electron chi connectivity index (χ2n) is 7.49. The number of hydrogen-bond acceptors (Lipinski definition) is 5. The normalized spacial score (nSPS) is 17.9. The van der Waals surface area contributed by atoms with E-state index in [-0.39, 0.29) is 29.5 Å². The lowest BCUT2D eigenvalue weighted by Crippen LogP contribution is -2.46. The molecule has 0 saturated carbocycles. The highest BCUT2D eigenvalue weighted by Gasteiger charge is 2.38. The van der Waals surface area contributed by atoms with Gasteiger partial charge < -0.3 is 15.0 Å². The molecule has 4 rings (SSSR count). The first-order valence-electron chi connectivity index (χ1n) is 9.75. The molecule has 2 heterocycles. The van der Waals surface area contributed by atoms with Gasteiger partial charge in [0.1, 0.15) is 30.8 Å². The molecule has 9 heteroatoms. The van der Waals surface area contributed by atoms with Crippen molar-refractivity contribution < 1.29 is 28.3 Å². The summed E-state index contributed by atoms with van der Waals surface area (Å²) in [6.45, 7) is 0.236. The molecule has 2 aromatic carbocycles. The molecule has 0 aliphatic carbocycles. The molecule has 1 N–H and O–H groups in total. The van der Waals surface area contributed by atoms with Gasteiger partial charge in [-0.1, -0.05) is 12.1 Å². The van der Waals surface area contributed by atoms with Gasteiger partial charge in [-0.15, -0.1) is 0 Å². The van der Waals surface area contributed by atoms with Crippen molar-refractivity contribution in [1.82, 2.24) is 15.1 Å². The van der Waals surface area contributed by atoms with Crippen molar-refractivity contribution in [3.05, 3.63) is 65.0 Å². The second kappa shape index (κ2) is 8.17. The van der Waals surface area contributed by atoms with E-state index in [0.29, 0.717) is 18.7 Å². The third kappa shape index (κ3) is 4.11. The number of likely N-dealkylation sites (tertiary alicyclic amines) is 1. The molecule has 1 fully saturated rings. The Balaban J connectivity index is 1.40. The molecule has 0 aromatic heterocycles. The third-order valence-corrected chi connectivity index (χ3v) is 5.33. The quantitative estimate of drug-likeness (QED) is 0.705. The number of hydrogen-bond donors (Lipinski definition) is 1. The molecule has 2 aliphatic rings. The lowest BCUT2D eigenvalue weighted by molar-refractivity contribution is -0.131. The molecule has 2 aliphatic heterocycles. The Bertz CT molecular complexity index is 1070. The van der Waals surface area contributed by atoms with E-state index >= 15 is 0 Å². The molecule has 8 nitrogen and oxygen atoms in total. The number of fused-ring (bicyclic) bond motifs is 1. The molecule has 0 radical (unpaired) electrons. The summed E-state index contributed by atoms with van der Waals surface area (Å²) in [5.41, 5.74) is 1.07. The summed E-state index contributed by atoms with van der Waals surface area (Å²) in [6.07, 6.45) is 0.484. The van der Waals surface area contributed by atoms with Gasteiger partial charge in [0.25, 0.3) is 11.8 Å². The first kappa shape index (κ1) is 20.5. The highest BCUT2D eigenvalue weighted by molar-refractivity contribution is 6.22. The van der Waals surface area contributed by atoms with Gasteiger partial charge >= 0.3 is 0 Å². The standard InChI is InChI=1S/C22H20FN3O5/c1-25-9-8-18(22(25)30)24-19(27)11-26-20(28)16-7-6-15(10-17(16)21(26)29)31-12-13-2-4-14(23)5-3-13/h2-7,10,18H,8-9,11-12H2,1H3,(H,24,27). The smallest absolute Gasteiger partial charge is 0.262 e. The first-order chi connectivity index (χ1) is 14.8. The van der Waals surface area contributed by atoms with Crippen LogP contribution in [0.3, 0.4) is 0 Å². The lowest BCUT2D eigenvalue weighted by atomic mass is 10.1. The van der Waals surface area contributed by atoms with Gasteiger partial charge in [0.2, 0.25) is 11.8 Å². The summed E-state index contributed by atoms with van der Waals surface area (Å²) in [7, 11) is 1.65. The average Bonchev–Trinajstić information content (AvgIpc) is 3.19. The first-order valence-corrected chi connectivity index (χ1v) is 9.75. The van der Waals surface area contributed by atoms with E-state index in [9.17, 15) is 23.6 Å². The molecule has 1 unspecified atom stereocenters. The highest BCUT2D eigenvalue weighted by Crippen LogP contribution is 2.27. The Morgan fingerprint density at radius 1 is 1.10 bits per heavy atom. The molecule has 0 spiro atoms. The van der Waals surface area contributed by atoms with Crippen molar-refractivity contribution in [3.63, 3.8) is 0 Å². The Labute approximate surface area is 177 Å². The van der Waals surface area contributed by atoms with Gasteiger partial charge in [-0.05, 0) is 42.3 Å². The fourth-order valence-electron chi connectivity index (χ4n) is 3.59. The maximum Gasteiger partial charge on any atom is 0.262 e. The second-order valence-corrected chi connectivity index (χ2v) is 7.49. The fraction of sp³-hybridized carbons (Fsp3) is 0.273. The fourth-order valence-corrected chi connectivity index (χ4v) is 3.59. The van der Waals surface area contributed by atoms with Crippen LogP contribution in [0.15, 0.2) is 42.5 Å². The number of benzene rings is 2. The van der Waals surface area contributed by atoms with Crippen LogP contribution < -0.4 is 10.1 Å². The van der Waals surface area contributed by atoms with Crippen molar-refractivity contribution >= 4 is 23.6 Å². The number of carbonyl (C=O) groups is 4. The number of amides is 4. The van der Waals surface area contributed by atoms with Crippen molar-refractivity contribution in [1.29, 1.82) is 0 Å². The number of carbonyl (C=O) groups excluding carboxylic acids is 4. The molecule has 31 heavy (non-hydrogen) atoms. The zero-order valence-electron chi connectivity index (χ0n) is 16.8. The molecule has 1 atom stereocenters. The van der Waals surface area contributed by atoms with Crippen molar-refractivity contribution in [3.8, 4) is 5.75 Å². The van der Waals surface area contributed by atoms with E-state index in [1.165, 1.54) is 29.2 Å². The minimum Gasteiger partial charge on any atom is -0.489 e. The van der Waals surface area contributed by atoms with E-state index in [1.54, 1.807) is 25.2 Å².